The summed E-state index contributed by atoms with van der Waals surface area (Å²) < 4.78 is 0. The molecule has 1 heterocycles. The Hall–Kier alpha value is -1.26. The van der Waals surface area contributed by atoms with Crippen molar-refractivity contribution in [2.45, 2.75) is 33.6 Å². The van der Waals surface area contributed by atoms with Gasteiger partial charge in [-0.25, -0.2) is 4.79 Å². The second kappa shape index (κ2) is 6.47. The van der Waals surface area contributed by atoms with Gasteiger partial charge in [-0.2, -0.15) is 0 Å². The van der Waals surface area contributed by atoms with Crippen LogP contribution < -0.4 is 0 Å². The van der Waals surface area contributed by atoms with E-state index in [-0.39, 0.29) is 11.9 Å². The summed E-state index contributed by atoms with van der Waals surface area (Å²) in [7, 11) is 0. The van der Waals surface area contributed by atoms with Crippen LogP contribution in [-0.4, -0.2) is 52.9 Å². The van der Waals surface area contributed by atoms with Crippen molar-refractivity contribution in [1.29, 1.82) is 0 Å². The van der Waals surface area contributed by atoms with E-state index in [1.807, 2.05) is 23.6 Å². The third-order valence-corrected chi connectivity index (χ3v) is 3.48. The number of carbonyl (C=O) groups is 1. The number of nitrogens with zero attached hydrogens (tertiary/aromatic N) is 3. The van der Waals surface area contributed by atoms with Crippen molar-refractivity contribution in [3.63, 3.8) is 0 Å². The van der Waals surface area contributed by atoms with Gasteiger partial charge in [0.25, 0.3) is 0 Å². The highest BCUT2D eigenvalue weighted by molar-refractivity contribution is 5.89. The highest BCUT2D eigenvalue weighted by Crippen LogP contribution is 2.18. The lowest BCUT2D eigenvalue weighted by molar-refractivity contribution is 0.149. The van der Waals surface area contributed by atoms with Crippen LogP contribution in [0.25, 0.3) is 0 Å². The largest absolute Gasteiger partial charge is 0.411 e. The van der Waals surface area contributed by atoms with E-state index in [1.54, 1.807) is 0 Å². The zero-order valence-corrected chi connectivity index (χ0v) is 11.0. The van der Waals surface area contributed by atoms with E-state index in [0.717, 1.165) is 25.2 Å². The third-order valence-electron chi connectivity index (χ3n) is 3.48. The molecule has 0 aliphatic carbocycles. The molecule has 1 fully saturated rings. The van der Waals surface area contributed by atoms with E-state index in [9.17, 15) is 4.79 Å². The number of hydrogen-bond acceptors (Lipinski definition) is 3. The number of rotatable bonds is 3. The van der Waals surface area contributed by atoms with Crippen LogP contribution in [-0.2, 0) is 0 Å². The average Bonchev–Trinajstić information content (AvgIpc) is 2.39. The predicted octanol–water partition coefficient (Wildman–Crippen LogP) is 2.01. The average molecular weight is 241 g/mol. The first-order valence-corrected chi connectivity index (χ1v) is 6.42. The molecule has 2 amide bonds. The molecule has 1 unspecified atom stereocenters. The lowest BCUT2D eigenvalue weighted by Gasteiger charge is -2.35. The highest BCUT2D eigenvalue weighted by atomic mass is 16.4. The van der Waals surface area contributed by atoms with Crippen LogP contribution in [0.1, 0.15) is 33.6 Å². The van der Waals surface area contributed by atoms with Crippen molar-refractivity contribution in [3.05, 3.63) is 0 Å². The number of carbonyl (C=O) groups excluding carboxylic acids is 1. The summed E-state index contributed by atoms with van der Waals surface area (Å²) >= 11 is 0. The van der Waals surface area contributed by atoms with Crippen LogP contribution >= 0.6 is 0 Å². The molecule has 1 atom stereocenters. The first kappa shape index (κ1) is 13.8. The molecule has 0 aromatic carbocycles. The summed E-state index contributed by atoms with van der Waals surface area (Å²) in [5, 5.41) is 12.2. The minimum atomic E-state index is 0.102. The monoisotopic (exact) mass is 241 g/mol. The number of hydrogen-bond donors (Lipinski definition) is 1. The summed E-state index contributed by atoms with van der Waals surface area (Å²) in [5.74, 6) is 0.202. The summed E-state index contributed by atoms with van der Waals surface area (Å²) in [6, 6.07) is 0.102. The standard InChI is InChI=1S/C12H23N3O2/c1-4-10-9-15(8-7-11(10)13-17)12(16)14(5-2)6-3/h10,17H,4-9H2,1-3H3. The first-order valence-electron chi connectivity index (χ1n) is 6.42. The molecule has 1 saturated heterocycles. The number of likely N-dealkylation sites (tertiary alicyclic amines) is 1. The number of oxime groups is 1. The molecule has 5 nitrogen and oxygen atoms in total. The Morgan fingerprint density at radius 1 is 1.47 bits per heavy atom. The van der Waals surface area contributed by atoms with Crippen LogP contribution in [0.5, 0.6) is 0 Å². The van der Waals surface area contributed by atoms with Crippen LogP contribution in [0.15, 0.2) is 5.16 Å². The molecule has 0 aromatic rings. The van der Waals surface area contributed by atoms with Gasteiger partial charge in [0.05, 0.1) is 5.71 Å². The molecule has 1 aliphatic heterocycles. The van der Waals surface area contributed by atoms with Crippen LogP contribution in [0.2, 0.25) is 0 Å². The van der Waals surface area contributed by atoms with Gasteiger partial charge < -0.3 is 15.0 Å². The van der Waals surface area contributed by atoms with Crippen molar-refractivity contribution in [1.82, 2.24) is 9.80 Å². The zero-order valence-electron chi connectivity index (χ0n) is 11.0. The van der Waals surface area contributed by atoms with E-state index in [0.29, 0.717) is 19.5 Å². The van der Waals surface area contributed by atoms with E-state index >= 15 is 0 Å². The maximum atomic E-state index is 12.2. The quantitative estimate of drug-likeness (QED) is 0.607. The van der Waals surface area contributed by atoms with Crippen molar-refractivity contribution in [2.24, 2.45) is 11.1 Å². The summed E-state index contributed by atoms with van der Waals surface area (Å²) in [5.41, 5.74) is 0.830. The molecule has 1 aliphatic rings. The Morgan fingerprint density at radius 2 is 2.12 bits per heavy atom. The van der Waals surface area contributed by atoms with Gasteiger partial charge in [-0.05, 0) is 20.3 Å². The number of urea groups is 1. The molecule has 5 heteroatoms. The zero-order chi connectivity index (χ0) is 12.8. The Labute approximate surface area is 103 Å². The fourth-order valence-electron chi connectivity index (χ4n) is 2.28. The Kier molecular flexibility index (Phi) is 5.25. The van der Waals surface area contributed by atoms with E-state index in [4.69, 9.17) is 5.21 Å². The van der Waals surface area contributed by atoms with Crippen LogP contribution in [0, 0.1) is 5.92 Å². The fourth-order valence-corrected chi connectivity index (χ4v) is 2.28. The van der Waals surface area contributed by atoms with Crippen molar-refractivity contribution in [3.8, 4) is 0 Å². The van der Waals surface area contributed by atoms with Crippen LogP contribution in [0.3, 0.4) is 0 Å². The summed E-state index contributed by atoms with van der Waals surface area (Å²) in [6.45, 7) is 8.84. The lowest BCUT2D eigenvalue weighted by Crippen LogP contribution is -2.49. The normalized spacial score (nSPS) is 22.9. The van der Waals surface area contributed by atoms with Gasteiger partial charge in [-0.1, -0.05) is 12.1 Å². The van der Waals surface area contributed by atoms with Crippen LogP contribution in [0.4, 0.5) is 4.79 Å². The topological polar surface area (TPSA) is 56.1 Å². The van der Waals surface area contributed by atoms with Gasteiger partial charge >= 0.3 is 6.03 Å². The van der Waals surface area contributed by atoms with Gasteiger partial charge in [0.1, 0.15) is 0 Å². The van der Waals surface area contributed by atoms with Gasteiger partial charge in [0, 0.05) is 38.5 Å². The van der Waals surface area contributed by atoms with Gasteiger partial charge in [0.2, 0.25) is 0 Å². The summed E-state index contributed by atoms with van der Waals surface area (Å²) in [4.78, 5) is 15.9. The number of amides is 2. The molecule has 17 heavy (non-hydrogen) atoms. The van der Waals surface area contributed by atoms with Gasteiger partial charge in [-0.15, -0.1) is 0 Å². The Balaban J connectivity index is 2.66. The maximum absolute atomic E-state index is 12.2. The number of piperidine rings is 1. The molecule has 0 spiro atoms. The second-order valence-corrected chi connectivity index (χ2v) is 4.35. The maximum Gasteiger partial charge on any atom is 0.320 e. The molecular weight excluding hydrogens is 218 g/mol. The fraction of sp³-hybridized carbons (Fsp3) is 0.833. The Morgan fingerprint density at radius 3 is 2.59 bits per heavy atom. The first-order chi connectivity index (χ1) is 8.17. The second-order valence-electron chi connectivity index (χ2n) is 4.35. The van der Waals surface area contributed by atoms with Crippen molar-refractivity contribution >= 4 is 11.7 Å². The highest BCUT2D eigenvalue weighted by Gasteiger charge is 2.29. The minimum absolute atomic E-state index is 0.102. The molecule has 1 N–H and O–H groups in total. The van der Waals surface area contributed by atoms with E-state index in [1.165, 1.54) is 0 Å². The molecule has 0 bridgehead atoms. The SMILES string of the molecule is CCC1CN(C(=O)N(CC)CC)CCC1=NO. The van der Waals surface area contributed by atoms with Gasteiger partial charge in [0.15, 0.2) is 0 Å². The molecule has 0 radical (unpaired) electrons. The van der Waals surface area contributed by atoms with Crippen molar-refractivity contribution in [2.75, 3.05) is 26.2 Å². The van der Waals surface area contributed by atoms with E-state index in [2.05, 4.69) is 12.1 Å². The Bertz CT molecular complexity index is 287. The molecule has 1 rings (SSSR count). The van der Waals surface area contributed by atoms with Gasteiger partial charge in [-0.3, -0.25) is 0 Å². The molecule has 98 valence electrons. The summed E-state index contributed by atoms with van der Waals surface area (Å²) in [6.07, 6.45) is 1.59. The van der Waals surface area contributed by atoms with Crippen molar-refractivity contribution < 1.29 is 10.0 Å². The molecular formula is C12H23N3O2. The van der Waals surface area contributed by atoms with E-state index < -0.39 is 0 Å². The third kappa shape index (κ3) is 3.11. The minimum Gasteiger partial charge on any atom is -0.411 e. The molecule has 0 saturated carbocycles. The predicted molar refractivity (Wildman–Crippen MR) is 67.5 cm³/mol. The molecule has 0 aromatic heterocycles. The lowest BCUT2D eigenvalue weighted by atomic mass is 9.93. The smallest absolute Gasteiger partial charge is 0.320 e.